The second-order valence-corrected chi connectivity index (χ2v) is 7.06. The predicted octanol–water partition coefficient (Wildman–Crippen LogP) is 3.08. The molecule has 1 unspecified atom stereocenters. The first-order valence-electron chi connectivity index (χ1n) is 8.39. The largest absolute Gasteiger partial charge is 0.481 e. The van der Waals surface area contributed by atoms with E-state index in [1.807, 2.05) is 17.5 Å². The number of aliphatic carboxylic acids is 1. The molecule has 0 bridgehead atoms. The quantitative estimate of drug-likeness (QED) is 0.516. The van der Waals surface area contributed by atoms with Crippen LogP contribution in [0.3, 0.4) is 0 Å². The van der Waals surface area contributed by atoms with Gasteiger partial charge in [0.15, 0.2) is 6.29 Å². The van der Waals surface area contributed by atoms with Crippen molar-refractivity contribution in [3.8, 4) is 0 Å². The SMILES string of the molecule is C[C@@H]([C@@H](CCCc1cccs1)C(=O)O)N(C=O)OC1CCCCO1. The Morgan fingerprint density at radius 1 is 1.58 bits per heavy atom. The van der Waals surface area contributed by atoms with Crippen LogP contribution in [0.15, 0.2) is 17.5 Å². The Morgan fingerprint density at radius 3 is 3.00 bits per heavy atom. The van der Waals surface area contributed by atoms with Gasteiger partial charge < -0.3 is 9.84 Å². The van der Waals surface area contributed by atoms with Crippen molar-refractivity contribution in [3.63, 3.8) is 0 Å². The fraction of sp³-hybridized carbons (Fsp3) is 0.647. The van der Waals surface area contributed by atoms with Gasteiger partial charge in [-0.25, -0.2) is 9.90 Å². The van der Waals surface area contributed by atoms with E-state index in [0.29, 0.717) is 25.9 Å². The lowest BCUT2D eigenvalue weighted by atomic mass is 9.94. The molecule has 6 nitrogen and oxygen atoms in total. The van der Waals surface area contributed by atoms with Gasteiger partial charge in [0.2, 0.25) is 6.41 Å². The molecule has 2 heterocycles. The third-order valence-corrected chi connectivity index (χ3v) is 5.24. The van der Waals surface area contributed by atoms with Gasteiger partial charge in [-0.2, -0.15) is 0 Å². The monoisotopic (exact) mass is 355 g/mol. The Bertz CT molecular complexity index is 501. The van der Waals surface area contributed by atoms with Crippen molar-refractivity contribution in [2.24, 2.45) is 5.92 Å². The number of rotatable bonds is 10. The smallest absolute Gasteiger partial charge is 0.308 e. The number of carboxylic acid groups (broad SMARTS) is 1. The number of amides is 1. The van der Waals surface area contributed by atoms with Gasteiger partial charge in [0.05, 0.1) is 12.0 Å². The van der Waals surface area contributed by atoms with E-state index in [9.17, 15) is 14.7 Å². The fourth-order valence-corrected chi connectivity index (χ4v) is 3.60. The summed E-state index contributed by atoms with van der Waals surface area (Å²) in [6, 6.07) is 3.49. The summed E-state index contributed by atoms with van der Waals surface area (Å²) in [6.07, 6.45) is 4.87. The number of ether oxygens (including phenoxy) is 1. The van der Waals surface area contributed by atoms with Crippen molar-refractivity contribution >= 4 is 23.7 Å². The minimum atomic E-state index is -0.909. The van der Waals surface area contributed by atoms with Crippen LogP contribution in [0, 0.1) is 5.92 Å². The second kappa shape index (κ2) is 9.76. The molecule has 1 amide bonds. The van der Waals surface area contributed by atoms with Crippen LogP contribution in [-0.2, 0) is 25.6 Å². The highest BCUT2D eigenvalue weighted by Crippen LogP contribution is 2.22. The first kappa shape index (κ1) is 18.9. The lowest BCUT2D eigenvalue weighted by Gasteiger charge is -2.33. The molecular weight excluding hydrogens is 330 g/mol. The van der Waals surface area contributed by atoms with E-state index in [1.165, 1.54) is 4.88 Å². The molecule has 2 rings (SSSR count). The van der Waals surface area contributed by atoms with Gasteiger partial charge in [0.25, 0.3) is 0 Å². The average Bonchev–Trinajstić information content (AvgIpc) is 3.10. The summed E-state index contributed by atoms with van der Waals surface area (Å²) in [7, 11) is 0. The van der Waals surface area contributed by atoms with Gasteiger partial charge in [-0.1, -0.05) is 6.07 Å². The summed E-state index contributed by atoms with van der Waals surface area (Å²) < 4.78 is 5.46. The normalized spacial score (nSPS) is 20.3. The van der Waals surface area contributed by atoms with Gasteiger partial charge in [-0.05, 0) is 50.5 Å². The number of nitrogens with zero attached hydrogens (tertiary/aromatic N) is 1. The Morgan fingerprint density at radius 2 is 2.42 bits per heavy atom. The Balaban J connectivity index is 1.88. The zero-order valence-corrected chi connectivity index (χ0v) is 14.7. The van der Waals surface area contributed by atoms with Gasteiger partial charge in [-0.3, -0.25) is 9.59 Å². The van der Waals surface area contributed by atoms with E-state index >= 15 is 0 Å². The van der Waals surface area contributed by atoms with Crippen molar-refractivity contribution in [3.05, 3.63) is 22.4 Å². The summed E-state index contributed by atoms with van der Waals surface area (Å²) in [6.45, 7) is 2.32. The number of carbonyl (C=O) groups is 2. The third-order valence-electron chi connectivity index (χ3n) is 4.30. The highest BCUT2D eigenvalue weighted by atomic mass is 32.1. The molecule has 0 aromatic carbocycles. The maximum Gasteiger partial charge on any atom is 0.308 e. The molecule has 1 fully saturated rings. The molecule has 0 spiro atoms. The zero-order chi connectivity index (χ0) is 17.4. The average molecular weight is 355 g/mol. The maximum absolute atomic E-state index is 11.6. The van der Waals surface area contributed by atoms with Crippen LogP contribution in [0.4, 0.5) is 0 Å². The molecule has 0 radical (unpaired) electrons. The van der Waals surface area contributed by atoms with E-state index in [1.54, 1.807) is 18.3 Å². The fourth-order valence-electron chi connectivity index (χ4n) is 2.85. The molecule has 1 aliphatic heterocycles. The summed E-state index contributed by atoms with van der Waals surface area (Å²) in [4.78, 5) is 29.8. The van der Waals surface area contributed by atoms with Crippen molar-refractivity contribution in [2.45, 2.75) is 57.8 Å². The van der Waals surface area contributed by atoms with Crippen LogP contribution >= 0.6 is 11.3 Å². The first-order chi connectivity index (χ1) is 11.6. The summed E-state index contributed by atoms with van der Waals surface area (Å²) in [5.74, 6) is -1.58. The molecule has 0 aliphatic carbocycles. The van der Waals surface area contributed by atoms with Crippen LogP contribution in [0.1, 0.15) is 43.9 Å². The van der Waals surface area contributed by atoms with E-state index in [4.69, 9.17) is 9.57 Å². The number of aryl methyl sites for hydroxylation is 1. The van der Waals surface area contributed by atoms with Crippen LogP contribution in [-0.4, -0.2) is 41.5 Å². The molecule has 7 heteroatoms. The van der Waals surface area contributed by atoms with Gasteiger partial charge in [-0.15, -0.1) is 11.3 Å². The molecule has 0 saturated carbocycles. The van der Waals surface area contributed by atoms with Crippen molar-refractivity contribution in [1.29, 1.82) is 0 Å². The van der Waals surface area contributed by atoms with E-state index in [-0.39, 0.29) is 0 Å². The third kappa shape index (κ3) is 5.58. The molecule has 24 heavy (non-hydrogen) atoms. The lowest BCUT2D eigenvalue weighted by molar-refractivity contribution is -0.288. The highest BCUT2D eigenvalue weighted by Gasteiger charge is 2.31. The molecular formula is C17H25NO5S. The number of carbonyl (C=O) groups excluding carboxylic acids is 1. The van der Waals surface area contributed by atoms with Gasteiger partial charge in [0, 0.05) is 17.9 Å². The Hall–Kier alpha value is -1.44. The van der Waals surface area contributed by atoms with Crippen molar-refractivity contribution < 1.29 is 24.3 Å². The highest BCUT2D eigenvalue weighted by molar-refractivity contribution is 7.09. The molecule has 1 aromatic rings. The molecule has 134 valence electrons. The van der Waals surface area contributed by atoms with E-state index in [0.717, 1.165) is 30.7 Å². The molecule has 3 atom stereocenters. The minimum absolute atomic E-state index is 0.466. The number of hydrogen-bond acceptors (Lipinski definition) is 5. The van der Waals surface area contributed by atoms with Crippen molar-refractivity contribution in [1.82, 2.24) is 5.06 Å². The lowest BCUT2D eigenvalue weighted by Crippen LogP contribution is -2.44. The van der Waals surface area contributed by atoms with Gasteiger partial charge in [0.1, 0.15) is 0 Å². The number of carboxylic acids is 1. The molecule has 1 aliphatic rings. The number of thiophene rings is 1. The number of hydrogen-bond donors (Lipinski definition) is 1. The Labute approximate surface area is 146 Å². The standard InChI is InChI=1S/C17H25NO5S/c1-13(18(12-19)23-16-9-2-3-10-22-16)15(17(20)21)8-4-6-14-7-5-11-24-14/h5,7,11-13,15-16H,2-4,6,8-10H2,1H3,(H,20,21)/t13-,15+,16?/m0/s1. The molecule has 1 aromatic heterocycles. The van der Waals surface area contributed by atoms with Crippen molar-refractivity contribution in [2.75, 3.05) is 6.61 Å². The minimum Gasteiger partial charge on any atom is -0.481 e. The maximum atomic E-state index is 11.6. The first-order valence-corrected chi connectivity index (χ1v) is 9.27. The van der Waals surface area contributed by atoms with Gasteiger partial charge >= 0.3 is 5.97 Å². The topological polar surface area (TPSA) is 76.1 Å². The number of hydroxylamine groups is 2. The summed E-state index contributed by atoms with van der Waals surface area (Å²) in [5.41, 5.74) is 0. The van der Waals surface area contributed by atoms with Crippen LogP contribution in [0.2, 0.25) is 0 Å². The Kier molecular flexibility index (Phi) is 7.68. The molecule has 1 saturated heterocycles. The zero-order valence-electron chi connectivity index (χ0n) is 13.9. The molecule has 1 N–H and O–H groups in total. The summed E-state index contributed by atoms with van der Waals surface area (Å²) >= 11 is 1.67. The summed E-state index contributed by atoms with van der Waals surface area (Å²) in [5, 5.41) is 12.6. The predicted molar refractivity (Wildman–Crippen MR) is 90.4 cm³/mol. The van der Waals surface area contributed by atoms with Crippen LogP contribution in [0.5, 0.6) is 0 Å². The second-order valence-electron chi connectivity index (χ2n) is 6.02. The van der Waals surface area contributed by atoms with E-state index in [2.05, 4.69) is 0 Å². The van der Waals surface area contributed by atoms with E-state index < -0.39 is 24.2 Å². The van der Waals surface area contributed by atoms with Crippen LogP contribution in [0.25, 0.3) is 0 Å². The van der Waals surface area contributed by atoms with Crippen LogP contribution < -0.4 is 0 Å².